The molecule has 0 aromatic heterocycles. The smallest absolute Gasteiger partial charge is 0.220 e. The van der Waals surface area contributed by atoms with Crippen LogP contribution in [0.1, 0.15) is 51.4 Å². The van der Waals surface area contributed by atoms with Gasteiger partial charge in [0, 0.05) is 19.6 Å². The number of nitrogens with two attached hydrogens (primary N) is 1. The number of amides is 1. The average Bonchev–Trinajstić information content (AvgIpc) is 2.37. The van der Waals surface area contributed by atoms with E-state index >= 15 is 0 Å². The first kappa shape index (κ1) is 17.7. The van der Waals surface area contributed by atoms with Gasteiger partial charge in [0.2, 0.25) is 5.91 Å². The minimum absolute atomic E-state index is 0. The van der Waals surface area contributed by atoms with Crippen LogP contribution in [0.3, 0.4) is 0 Å². The summed E-state index contributed by atoms with van der Waals surface area (Å²) < 4.78 is 5.77. The molecule has 0 aromatic rings. The molecule has 1 amide bonds. The maximum Gasteiger partial charge on any atom is 0.220 e. The van der Waals surface area contributed by atoms with Crippen molar-refractivity contribution in [1.29, 1.82) is 0 Å². The fraction of sp³-hybridized carbons (Fsp3) is 0.923. The number of hydrogen-bond acceptors (Lipinski definition) is 3. The zero-order chi connectivity index (χ0) is 12.3. The molecule has 4 nitrogen and oxygen atoms in total. The van der Waals surface area contributed by atoms with Gasteiger partial charge in [-0.15, -0.1) is 12.4 Å². The van der Waals surface area contributed by atoms with Gasteiger partial charge in [-0.2, -0.15) is 0 Å². The monoisotopic (exact) mass is 278 g/mol. The van der Waals surface area contributed by atoms with Crippen molar-refractivity contribution in [3.05, 3.63) is 0 Å². The molecule has 1 fully saturated rings. The highest BCUT2D eigenvalue weighted by Gasteiger charge is 2.12. The van der Waals surface area contributed by atoms with Crippen molar-refractivity contribution < 1.29 is 9.53 Å². The molecule has 3 N–H and O–H groups in total. The van der Waals surface area contributed by atoms with Gasteiger partial charge in [-0.05, 0) is 32.2 Å². The van der Waals surface area contributed by atoms with Crippen LogP contribution in [0.25, 0.3) is 0 Å². The van der Waals surface area contributed by atoms with Gasteiger partial charge >= 0.3 is 0 Å². The van der Waals surface area contributed by atoms with Crippen molar-refractivity contribution in [2.45, 2.75) is 57.5 Å². The fourth-order valence-corrected chi connectivity index (χ4v) is 2.13. The first-order chi connectivity index (χ1) is 8.33. The molecule has 0 unspecified atom stereocenters. The maximum atomic E-state index is 11.3. The SMILES string of the molecule is Cl.NCCCC(=O)NCCCOC1CCCCC1. The third-order valence-corrected chi connectivity index (χ3v) is 3.16. The number of ether oxygens (including phenoxy) is 1. The van der Waals surface area contributed by atoms with Crippen molar-refractivity contribution in [2.75, 3.05) is 19.7 Å². The van der Waals surface area contributed by atoms with Gasteiger partial charge in [0.15, 0.2) is 0 Å². The van der Waals surface area contributed by atoms with Crippen LogP contribution in [0, 0.1) is 0 Å². The van der Waals surface area contributed by atoms with Crippen molar-refractivity contribution in [3.8, 4) is 0 Å². The molecule has 108 valence electrons. The minimum atomic E-state index is 0. The van der Waals surface area contributed by atoms with Crippen LogP contribution >= 0.6 is 12.4 Å². The van der Waals surface area contributed by atoms with Crippen molar-refractivity contribution in [3.63, 3.8) is 0 Å². The van der Waals surface area contributed by atoms with Gasteiger partial charge in [0.05, 0.1) is 6.10 Å². The highest BCUT2D eigenvalue weighted by Crippen LogP contribution is 2.20. The molecule has 0 radical (unpaired) electrons. The number of rotatable bonds is 8. The summed E-state index contributed by atoms with van der Waals surface area (Å²) in [5.41, 5.74) is 5.34. The molecule has 1 saturated carbocycles. The Morgan fingerprint density at radius 3 is 2.61 bits per heavy atom. The van der Waals surface area contributed by atoms with Crippen LogP contribution in [-0.2, 0) is 9.53 Å². The summed E-state index contributed by atoms with van der Waals surface area (Å²) in [6, 6.07) is 0. The van der Waals surface area contributed by atoms with E-state index < -0.39 is 0 Å². The van der Waals surface area contributed by atoms with E-state index in [0.29, 0.717) is 19.1 Å². The first-order valence-corrected chi connectivity index (χ1v) is 6.91. The number of nitrogens with one attached hydrogen (secondary N) is 1. The Bertz CT molecular complexity index is 209. The molecule has 0 aromatic carbocycles. The lowest BCUT2D eigenvalue weighted by molar-refractivity contribution is -0.121. The normalized spacial score (nSPS) is 16.1. The highest BCUT2D eigenvalue weighted by atomic mass is 35.5. The Hall–Kier alpha value is -0.320. The zero-order valence-electron chi connectivity index (χ0n) is 11.2. The number of carbonyl (C=O) groups is 1. The third kappa shape index (κ3) is 8.72. The third-order valence-electron chi connectivity index (χ3n) is 3.16. The van der Waals surface area contributed by atoms with Crippen LogP contribution in [0.4, 0.5) is 0 Å². The van der Waals surface area contributed by atoms with Crippen LogP contribution in [0.5, 0.6) is 0 Å². The molecule has 1 aliphatic carbocycles. The van der Waals surface area contributed by atoms with Gasteiger partial charge in [-0.1, -0.05) is 19.3 Å². The van der Waals surface area contributed by atoms with Crippen LogP contribution in [0.2, 0.25) is 0 Å². The molecule has 1 aliphatic rings. The lowest BCUT2D eigenvalue weighted by Crippen LogP contribution is -2.26. The summed E-state index contributed by atoms with van der Waals surface area (Å²) >= 11 is 0. The lowest BCUT2D eigenvalue weighted by atomic mass is 9.98. The van der Waals surface area contributed by atoms with Gasteiger partial charge < -0.3 is 15.8 Å². The van der Waals surface area contributed by atoms with Crippen molar-refractivity contribution in [2.24, 2.45) is 5.73 Å². The second kappa shape index (κ2) is 11.8. The largest absolute Gasteiger partial charge is 0.378 e. The second-order valence-electron chi connectivity index (χ2n) is 4.73. The van der Waals surface area contributed by atoms with E-state index in [9.17, 15) is 4.79 Å². The van der Waals surface area contributed by atoms with Gasteiger partial charge in [0.1, 0.15) is 0 Å². The topological polar surface area (TPSA) is 64.4 Å². The molecule has 18 heavy (non-hydrogen) atoms. The van der Waals surface area contributed by atoms with Crippen LogP contribution in [-0.4, -0.2) is 31.7 Å². The number of hydrogen-bond donors (Lipinski definition) is 2. The maximum absolute atomic E-state index is 11.3. The number of halogens is 1. The van der Waals surface area contributed by atoms with E-state index in [1.807, 2.05) is 0 Å². The van der Waals surface area contributed by atoms with E-state index in [1.165, 1.54) is 32.1 Å². The molecule has 1 rings (SSSR count). The lowest BCUT2D eigenvalue weighted by Gasteiger charge is -2.21. The molecule has 0 spiro atoms. The molecule has 5 heteroatoms. The van der Waals surface area contributed by atoms with E-state index in [4.69, 9.17) is 10.5 Å². The standard InChI is InChI=1S/C13H26N2O2.ClH/c14-9-4-8-13(16)15-10-5-11-17-12-6-2-1-3-7-12;/h12H,1-11,14H2,(H,15,16);1H. The van der Waals surface area contributed by atoms with Gasteiger partial charge in [-0.3, -0.25) is 4.79 Å². The molecular formula is C13H27ClN2O2. The Balaban J connectivity index is 0.00000289. The summed E-state index contributed by atoms with van der Waals surface area (Å²) in [4.78, 5) is 11.3. The Morgan fingerprint density at radius 1 is 1.22 bits per heavy atom. The summed E-state index contributed by atoms with van der Waals surface area (Å²) in [6.07, 6.45) is 9.08. The predicted octanol–water partition coefficient (Wildman–Crippen LogP) is 2.00. The van der Waals surface area contributed by atoms with E-state index in [1.54, 1.807) is 0 Å². The van der Waals surface area contributed by atoms with E-state index in [0.717, 1.165) is 26.0 Å². The molecule has 0 saturated heterocycles. The fourth-order valence-electron chi connectivity index (χ4n) is 2.13. The van der Waals surface area contributed by atoms with E-state index in [2.05, 4.69) is 5.32 Å². The van der Waals surface area contributed by atoms with Crippen LogP contribution in [0.15, 0.2) is 0 Å². The van der Waals surface area contributed by atoms with Gasteiger partial charge in [-0.25, -0.2) is 0 Å². The molecule has 0 heterocycles. The minimum Gasteiger partial charge on any atom is -0.378 e. The van der Waals surface area contributed by atoms with Crippen molar-refractivity contribution >= 4 is 18.3 Å². The summed E-state index contributed by atoms with van der Waals surface area (Å²) in [5.74, 6) is 0.105. The Morgan fingerprint density at radius 2 is 1.94 bits per heavy atom. The summed E-state index contributed by atoms with van der Waals surface area (Å²) in [7, 11) is 0. The molecule has 0 atom stereocenters. The first-order valence-electron chi connectivity index (χ1n) is 6.91. The quantitative estimate of drug-likeness (QED) is 0.668. The Kier molecular flexibility index (Phi) is 11.5. The molecular weight excluding hydrogens is 252 g/mol. The zero-order valence-corrected chi connectivity index (χ0v) is 12.0. The van der Waals surface area contributed by atoms with E-state index in [-0.39, 0.29) is 18.3 Å². The van der Waals surface area contributed by atoms with Crippen molar-refractivity contribution in [1.82, 2.24) is 5.32 Å². The molecule has 0 bridgehead atoms. The molecule has 0 aliphatic heterocycles. The summed E-state index contributed by atoms with van der Waals surface area (Å²) in [5, 5.41) is 2.88. The average molecular weight is 279 g/mol. The van der Waals surface area contributed by atoms with Crippen LogP contribution < -0.4 is 11.1 Å². The second-order valence-corrected chi connectivity index (χ2v) is 4.73. The summed E-state index contributed by atoms with van der Waals surface area (Å²) in [6.45, 7) is 2.07. The predicted molar refractivity (Wildman–Crippen MR) is 76.0 cm³/mol. The number of carbonyl (C=O) groups excluding carboxylic acids is 1. The Labute approximate surface area is 116 Å². The highest BCUT2D eigenvalue weighted by molar-refractivity contribution is 5.85. The van der Waals surface area contributed by atoms with Gasteiger partial charge in [0.25, 0.3) is 0 Å².